The Balaban J connectivity index is 1.27. The summed E-state index contributed by atoms with van der Waals surface area (Å²) in [5.41, 5.74) is 0.978. The van der Waals surface area contributed by atoms with Crippen LogP contribution in [-0.4, -0.2) is 40.2 Å². The number of ether oxygens (including phenoxy) is 1. The fraction of sp³-hybridized carbons (Fsp3) is 0.500. The van der Waals surface area contributed by atoms with Crippen LogP contribution in [0.1, 0.15) is 42.5 Å². The number of carbonyl (C=O) groups excluding carboxylic acids is 1. The molecule has 9 heteroatoms. The molecule has 158 valence electrons. The van der Waals surface area contributed by atoms with Crippen LogP contribution in [0, 0.1) is 0 Å². The van der Waals surface area contributed by atoms with Crippen LogP contribution in [0.2, 0.25) is 0 Å². The summed E-state index contributed by atoms with van der Waals surface area (Å²) in [6, 6.07) is 7.50. The lowest BCUT2D eigenvalue weighted by molar-refractivity contribution is -0.121. The van der Waals surface area contributed by atoms with Crippen molar-refractivity contribution in [1.29, 1.82) is 0 Å². The van der Waals surface area contributed by atoms with Gasteiger partial charge in [-0.05, 0) is 37.0 Å². The lowest BCUT2D eigenvalue weighted by Gasteiger charge is -2.09. The molecule has 1 aromatic heterocycles. The minimum absolute atomic E-state index is 0.0625. The van der Waals surface area contributed by atoms with Crippen LogP contribution >= 0.6 is 32.9 Å². The smallest absolute Gasteiger partial charge is 0.307 e. The molecule has 1 aliphatic heterocycles. The van der Waals surface area contributed by atoms with Crippen LogP contribution in [0.3, 0.4) is 0 Å². The third kappa shape index (κ3) is 7.64. The standard InChI is InChI=1S/C20H26N2O4S3/c23-18(4-2-1-3-16-9-12-27-29-16)21-10-11-26-15-7-5-14(6-8-15)13-17-19(24)22-20(25)28-17/h5-8,16,24H,1-4,9-13H2,(H,21,23)(H,22,25). The molecule has 3 rings (SSSR count). The molecule has 0 spiro atoms. The molecule has 6 nitrogen and oxygen atoms in total. The number of aromatic amines is 1. The minimum Gasteiger partial charge on any atom is -0.494 e. The average molecular weight is 455 g/mol. The Morgan fingerprint density at radius 3 is 2.79 bits per heavy atom. The van der Waals surface area contributed by atoms with Crippen LogP contribution < -0.4 is 14.9 Å². The maximum atomic E-state index is 11.9. The summed E-state index contributed by atoms with van der Waals surface area (Å²) in [5, 5.41) is 13.3. The molecule has 1 atom stereocenters. The van der Waals surface area contributed by atoms with Crippen molar-refractivity contribution in [3.05, 3.63) is 44.4 Å². The lowest BCUT2D eigenvalue weighted by atomic mass is 10.1. The fourth-order valence-corrected chi connectivity index (χ4v) is 6.82. The molecule has 1 saturated heterocycles. The number of hydrogen-bond donors (Lipinski definition) is 3. The van der Waals surface area contributed by atoms with Crippen molar-refractivity contribution in [3.63, 3.8) is 0 Å². The van der Waals surface area contributed by atoms with E-state index in [0.717, 1.165) is 40.7 Å². The topological polar surface area (TPSA) is 91.4 Å². The predicted molar refractivity (Wildman–Crippen MR) is 121 cm³/mol. The highest BCUT2D eigenvalue weighted by Gasteiger charge is 2.15. The summed E-state index contributed by atoms with van der Waals surface area (Å²) in [4.78, 5) is 25.8. The highest BCUT2D eigenvalue weighted by atomic mass is 33.1. The molecule has 2 aromatic rings. The van der Waals surface area contributed by atoms with E-state index in [2.05, 4.69) is 10.3 Å². The number of unbranched alkanes of at least 4 members (excludes halogenated alkanes) is 1. The van der Waals surface area contributed by atoms with Gasteiger partial charge in [-0.15, -0.1) is 0 Å². The SMILES string of the molecule is O=C(CCCCC1CCSS1)NCCOc1ccc(Cc2sc(=O)[nH]c2O)cc1. The monoisotopic (exact) mass is 454 g/mol. The third-order valence-corrected chi connectivity index (χ3v) is 8.47. The third-order valence-electron chi connectivity index (χ3n) is 4.59. The van der Waals surface area contributed by atoms with Gasteiger partial charge in [0.1, 0.15) is 12.4 Å². The summed E-state index contributed by atoms with van der Waals surface area (Å²) in [6.07, 6.45) is 5.65. The number of carbonyl (C=O) groups is 1. The van der Waals surface area contributed by atoms with Crippen molar-refractivity contribution < 1.29 is 14.6 Å². The van der Waals surface area contributed by atoms with E-state index in [1.165, 1.54) is 18.6 Å². The zero-order chi connectivity index (χ0) is 20.5. The van der Waals surface area contributed by atoms with E-state index < -0.39 is 0 Å². The minimum atomic E-state index is -0.258. The number of amides is 1. The average Bonchev–Trinajstić information content (AvgIpc) is 3.33. The molecule has 0 saturated carbocycles. The molecule has 1 amide bonds. The van der Waals surface area contributed by atoms with E-state index in [9.17, 15) is 14.7 Å². The molecule has 0 bridgehead atoms. The number of aromatic hydroxyl groups is 1. The molecule has 1 unspecified atom stereocenters. The van der Waals surface area contributed by atoms with Crippen LogP contribution in [-0.2, 0) is 11.2 Å². The van der Waals surface area contributed by atoms with Crippen molar-refractivity contribution in [3.8, 4) is 11.6 Å². The first-order valence-electron chi connectivity index (χ1n) is 9.78. The zero-order valence-electron chi connectivity index (χ0n) is 16.1. The maximum absolute atomic E-state index is 11.9. The highest BCUT2D eigenvalue weighted by Crippen LogP contribution is 2.39. The van der Waals surface area contributed by atoms with Gasteiger partial charge >= 0.3 is 4.87 Å². The van der Waals surface area contributed by atoms with Crippen LogP contribution in [0.15, 0.2) is 29.1 Å². The van der Waals surface area contributed by atoms with E-state index >= 15 is 0 Å². The van der Waals surface area contributed by atoms with Crippen molar-refractivity contribution in [2.45, 2.75) is 43.8 Å². The number of rotatable bonds is 11. The van der Waals surface area contributed by atoms with E-state index in [-0.39, 0.29) is 16.7 Å². The van der Waals surface area contributed by atoms with Crippen LogP contribution in [0.4, 0.5) is 0 Å². The van der Waals surface area contributed by atoms with Crippen molar-refractivity contribution in [2.24, 2.45) is 0 Å². The predicted octanol–water partition coefficient (Wildman–Crippen LogP) is 3.94. The molecule has 1 aromatic carbocycles. The molecule has 0 aliphatic carbocycles. The van der Waals surface area contributed by atoms with Gasteiger partial charge in [0.25, 0.3) is 0 Å². The zero-order valence-corrected chi connectivity index (χ0v) is 18.6. The first kappa shape index (κ1) is 22.1. The van der Waals surface area contributed by atoms with Crippen molar-refractivity contribution in [1.82, 2.24) is 10.3 Å². The second-order valence-electron chi connectivity index (χ2n) is 6.88. The summed E-state index contributed by atoms with van der Waals surface area (Å²) >= 11 is 1.01. The molecule has 3 N–H and O–H groups in total. The Hall–Kier alpha value is -1.58. The first-order chi connectivity index (χ1) is 14.1. The number of hydrogen-bond acceptors (Lipinski definition) is 7. The summed E-state index contributed by atoms with van der Waals surface area (Å²) in [7, 11) is 3.96. The van der Waals surface area contributed by atoms with Gasteiger partial charge in [-0.25, -0.2) is 0 Å². The number of benzene rings is 1. The van der Waals surface area contributed by atoms with Crippen LogP contribution in [0.25, 0.3) is 0 Å². The number of aromatic nitrogens is 1. The second kappa shape index (κ2) is 11.6. The van der Waals surface area contributed by atoms with Gasteiger partial charge in [-0.1, -0.05) is 51.5 Å². The van der Waals surface area contributed by atoms with Gasteiger partial charge in [-0.2, -0.15) is 0 Å². The van der Waals surface area contributed by atoms with Crippen molar-refractivity contribution >= 4 is 38.8 Å². The summed E-state index contributed by atoms with van der Waals surface area (Å²) in [5.74, 6) is 2.01. The van der Waals surface area contributed by atoms with Gasteiger partial charge in [0.2, 0.25) is 11.8 Å². The number of nitrogens with one attached hydrogen (secondary N) is 2. The van der Waals surface area contributed by atoms with E-state index in [1.807, 2.05) is 45.9 Å². The molecule has 1 fully saturated rings. The van der Waals surface area contributed by atoms with Crippen molar-refractivity contribution in [2.75, 3.05) is 18.9 Å². The Morgan fingerprint density at radius 2 is 2.10 bits per heavy atom. The number of thiazole rings is 1. The molecular formula is C20H26N2O4S3. The van der Waals surface area contributed by atoms with Gasteiger partial charge in [0.15, 0.2) is 0 Å². The molecule has 0 radical (unpaired) electrons. The lowest BCUT2D eigenvalue weighted by Crippen LogP contribution is -2.27. The van der Waals surface area contributed by atoms with Gasteiger partial charge in [0.05, 0.1) is 11.4 Å². The largest absolute Gasteiger partial charge is 0.494 e. The van der Waals surface area contributed by atoms with Gasteiger partial charge in [-0.3, -0.25) is 14.6 Å². The fourth-order valence-electron chi connectivity index (χ4n) is 3.03. The Kier molecular flexibility index (Phi) is 8.82. The molecular weight excluding hydrogens is 428 g/mol. The molecule has 29 heavy (non-hydrogen) atoms. The van der Waals surface area contributed by atoms with E-state index in [1.54, 1.807) is 0 Å². The normalized spacial score (nSPS) is 16.1. The summed E-state index contributed by atoms with van der Waals surface area (Å²) < 4.78 is 5.66. The first-order valence-corrected chi connectivity index (χ1v) is 13.0. The quantitative estimate of drug-likeness (QED) is 0.352. The van der Waals surface area contributed by atoms with Gasteiger partial charge in [0, 0.05) is 23.8 Å². The second-order valence-corrected chi connectivity index (χ2v) is 10.7. The Labute approximate surface area is 182 Å². The molecule has 2 heterocycles. The summed E-state index contributed by atoms with van der Waals surface area (Å²) in [6.45, 7) is 0.905. The Bertz CT molecular complexity index is 829. The maximum Gasteiger partial charge on any atom is 0.307 e. The van der Waals surface area contributed by atoms with Crippen LogP contribution in [0.5, 0.6) is 11.6 Å². The number of H-pyrrole nitrogens is 1. The molecule has 1 aliphatic rings. The van der Waals surface area contributed by atoms with E-state index in [0.29, 0.717) is 30.9 Å². The van der Waals surface area contributed by atoms with Gasteiger partial charge < -0.3 is 15.2 Å². The van der Waals surface area contributed by atoms with E-state index in [4.69, 9.17) is 4.74 Å². The Morgan fingerprint density at radius 1 is 1.28 bits per heavy atom. The highest BCUT2D eigenvalue weighted by molar-refractivity contribution is 8.77.